The van der Waals surface area contributed by atoms with Crippen LogP contribution in [0.1, 0.15) is 31.9 Å². The van der Waals surface area contributed by atoms with Crippen molar-refractivity contribution < 1.29 is 13.2 Å². The van der Waals surface area contributed by atoms with Crippen molar-refractivity contribution in [2.75, 3.05) is 6.61 Å². The molecule has 0 atom stereocenters. The number of ether oxygens (including phenoxy) is 1. The maximum Gasteiger partial charge on any atom is 0.214 e. The molecule has 1 aromatic carbocycles. The second kappa shape index (κ2) is 6.87. The summed E-state index contributed by atoms with van der Waals surface area (Å²) < 4.78 is 31.3. The Bertz CT molecular complexity index is 469. The molecule has 0 aromatic heterocycles. The van der Waals surface area contributed by atoms with Crippen LogP contribution in [0.4, 0.5) is 0 Å². The van der Waals surface area contributed by atoms with Crippen LogP contribution >= 0.6 is 0 Å². The van der Waals surface area contributed by atoms with Crippen molar-refractivity contribution in [1.82, 2.24) is 4.72 Å². The monoisotopic (exact) mass is 271 g/mol. The van der Waals surface area contributed by atoms with Gasteiger partial charge in [0.25, 0.3) is 0 Å². The van der Waals surface area contributed by atoms with Crippen molar-refractivity contribution in [3.8, 4) is 0 Å². The first-order valence-corrected chi connectivity index (χ1v) is 7.65. The first-order chi connectivity index (χ1) is 8.47. The zero-order valence-electron chi connectivity index (χ0n) is 11.1. The van der Waals surface area contributed by atoms with Gasteiger partial charge in [0, 0.05) is 13.2 Å². The maximum absolute atomic E-state index is 11.7. The average molecular weight is 271 g/mol. The normalized spacial score (nSPS) is 12.0. The summed E-state index contributed by atoms with van der Waals surface area (Å²) in [5.41, 5.74) is 1.97. The molecule has 1 N–H and O–H groups in total. The highest BCUT2D eigenvalue weighted by Gasteiger charge is 2.15. The minimum absolute atomic E-state index is 0.309. The lowest BCUT2D eigenvalue weighted by atomic mass is 10.1. The summed E-state index contributed by atoms with van der Waals surface area (Å²) >= 11 is 0. The van der Waals surface area contributed by atoms with E-state index in [2.05, 4.69) is 4.72 Å². The molecule has 102 valence electrons. The Morgan fingerprint density at radius 1 is 1.22 bits per heavy atom. The molecule has 1 rings (SSSR count). The van der Waals surface area contributed by atoms with Crippen LogP contribution in [0.15, 0.2) is 24.3 Å². The molecule has 0 aliphatic rings. The molecule has 5 heteroatoms. The maximum atomic E-state index is 11.7. The van der Waals surface area contributed by atoms with E-state index in [0.717, 1.165) is 11.1 Å². The fraction of sp³-hybridized carbons (Fsp3) is 0.538. The van der Waals surface area contributed by atoms with Gasteiger partial charge < -0.3 is 4.74 Å². The molecule has 1 aromatic rings. The fourth-order valence-electron chi connectivity index (χ4n) is 1.43. The highest BCUT2D eigenvalue weighted by molar-refractivity contribution is 7.90. The minimum atomic E-state index is -3.22. The predicted molar refractivity (Wildman–Crippen MR) is 72.7 cm³/mol. The van der Waals surface area contributed by atoms with Crippen LogP contribution in [0.25, 0.3) is 0 Å². The van der Waals surface area contributed by atoms with E-state index in [4.69, 9.17) is 4.74 Å². The van der Waals surface area contributed by atoms with E-state index in [0.29, 0.717) is 19.8 Å². The van der Waals surface area contributed by atoms with Crippen molar-refractivity contribution in [2.45, 2.75) is 39.2 Å². The van der Waals surface area contributed by atoms with E-state index in [-0.39, 0.29) is 0 Å². The Labute approximate surface area is 109 Å². The molecule has 0 aliphatic heterocycles. The van der Waals surface area contributed by atoms with Gasteiger partial charge in [-0.15, -0.1) is 0 Å². The van der Waals surface area contributed by atoms with Gasteiger partial charge in [-0.3, -0.25) is 0 Å². The van der Waals surface area contributed by atoms with Crippen molar-refractivity contribution in [3.63, 3.8) is 0 Å². The van der Waals surface area contributed by atoms with Gasteiger partial charge in [0.05, 0.1) is 11.9 Å². The fourth-order valence-corrected chi connectivity index (χ4v) is 2.12. The molecule has 0 radical (unpaired) electrons. The smallest absolute Gasteiger partial charge is 0.214 e. The largest absolute Gasteiger partial charge is 0.377 e. The number of hydrogen-bond acceptors (Lipinski definition) is 3. The Morgan fingerprint density at radius 2 is 1.83 bits per heavy atom. The van der Waals surface area contributed by atoms with Gasteiger partial charge in [-0.25, -0.2) is 13.1 Å². The van der Waals surface area contributed by atoms with Crippen molar-refractivity contribution in [2.24, 2.45) is 0 Å². The Balaban J connectivity index is 2.73. The molecule has 0 heterocycles. The van der Waals surface area contributed by atoms with Gasteiger partial charge in [0.15, 0.2) is 0 Å². The summed E-state index contributed by atoms with van der Waals surface area (Å²) in [6.45, 7) is 6.72. The molecular weight excluding hydrogens is 250 g/mol. The molecule has 0 saturated carbocycles. The first kappa shape index (κ1) is 15.1. The van der Waals surface area contributed by atoms with E-state index in [9.17, 15) is 8.42 Å². The second-order valence-corrected chi connectivity index (χ2v) is 6.64. The zero-order chi connectivity index (χ0) is 13.6. The SMILES string of the molecule is CCOCc1ccccc1CNS(=O)(=O)C(C)C. The van der Waals surface area contributed by atoms with E-state index in [1.165, 1.54) is 0 Å². The molecule has 4 nitrogen and oxygen atoms in total. The van der Waals surface area contributed by atoms with Gasteiger partial charge >= 0.3 is 0 Å². The minimum Gasteiger partial charge on any atom is -0.377 e. The van der Waals surface area contributed by atoms with Gasteiger partial charge in [0.1, 0.15) is 0 Å². The van der Waals surface area contributed by atoms with E-state index < -0.39 is 15.3 Å². The molecule has 18 heavy (non-hydrogen) atoms. The van der Waals surface area contributed by atoms with Gasteiger partial charge in [-0.2, -0.15) is 0 Å². The highest BCUT2D eigenvalue weighted by atomic mass is 32.2. The van der Waals surface area contributed by atoms with E-state index in [1.54, 1.807) is 13.8 Å². The van der Waals surface area contributed by atoms with Crippen molar-refractivity contribution >= 4 is 10.0 Å². The number of nitrogens with one attached hydrogen (secondary N) is 1. The molecule has 0 spiro atoms. The van der Waals surface area contributed by atoms with Crippen molar-refractivity contribution in [3.05, 3.63) is 35.4 Å². The van der Waals surface area contributed by atoms with Crippen LogP contribution in [0.3, 0.4) is 0 Å². The molecule has 0 fully saturated rings. The van der Waals surface area contributed by atoms with Crippen molar-refractivity contribution in [1.29, 1.82) is 0 Å². The lowest BCUT2D eigenvalue weighted by molar-refractivity contribution is 0.133. The molecule has 0 bridgehead atoms. The summed E-state index contributed by atoms with van der Waals surface area (Å²) in [5.74, 6) is 0. The van der Waals surface area contributed by atoms with Crippen LogP contribution in [-0.2, 0) is 27.9 Å². The summed E-state index contributed by atoms with van der Waals surface area (Å²) in [6, 6.07) is 7.69. The second-order valence-electron chi connectivity index (χ2n) is 4.32. The number of benzene rings is 1. The average Bonchev–Trinajstić information content (AvgIpc) is 2.34. The van der Waals surface area contributed by atoms with Crippen LogP contribution in [0.2, 0.25) is 0 Å². The topological polar surface area (TPSA) is 55.4 Å². The zero-order valence-corrected chi connectivity index (χ0v) is 12.0. The summed E-state index contributed by atoms with van der Waals surface area (Å²) in [5, 5.41) is -0.420. The number of sulfonamides is 1. The standard InChI is InChI=1S/C13H21NO3S/c1-4-17-10-13-8-6-5-7-12(13)9-14-18(15,16)11(2)3/h5-8,11,14H,4,9-10H2,1-3H3. The third-order valence-corrected chi connectivity index (χ3v) is 4.45. The Hall–Kier alpha value is -0.910. The van der Waals surface area contributed by atoms with E-state index in [1.807, 2.05) is 31.2 Å². The first-order valence-electron chi connectivity index (χ1n) is 6.10. The molecule has 0 saturated heterocycles. The summed E-state index contributed by atoms with van der Waals surface area (Å²) in [6.07, 6.45) is 0. The van der Waals surface area contributed by atoms with Crippen LogP contribution in [0.5, 0.6) is 0 Å². The summed E-state index contributed by atoms with van der Waals surface area (Å²) in [4.78, 5) is 0. The van der Waals surface area contributed by atoms with E-state index >= 15 is 0 Å². The van der Waals surface area contributed by atoms with Crippen LogP contribution in [-0.4, -0.2) is 20.3 Å². The summed E-state index contributed by atoms with van der Waals surface area (Å²) in [7, 11) is -3.22. The molecule has 0 aliphatic carbocycles. The number of hydrogen-bond donors (Lipinski definition) is 1. The number of rotatable bonds is 7. The Morgan fingerprint density at radius 3 is 2.39 bits per heavy atom. The van der Waals surface area contributed by atoms with Crippen LogP contribution in [0, 0.1) is 0 Å². The lowest BCUT2D eigenvalue weighted by Crippen LogP contribution is -2.30. The Kier molecular flexibility index (Phi) is 5.78. The predicted octanol–water partition coefficient (Wildman–Crippen LogP) is 2.05. The molecular formula is C13H21NO3S. The molecule has 0 unspecified atom stereocenters. The van der Waals surface area contributed by atoms with Crippen LogP contribution < -0.4 is 4.72 Å². The quantitative estimate of drug-likeness (QED) is 0.825. The van der Waals surface area contributed by atoms with Gasteiger partial charge in [-0.1, -0.05) is 24.3 Å². The lowest BCUT2D eigenvalue weighted by Gasteiger charge is -2.12. The highest BCUT2D eigenvalue weighted by Crippen LogP contribution is 2.11. The van der Waals surface area contributed by atoms with Gasteiger partial charge in [0.2, 0.25) is 10.0 Å². The third kappa shape index (κ3) is 4.40. The molecule has 0 amide bonds. The third-order valence-electron chi connectivity index (χ3n) is 2.66. The van der Waals surface area contributed by atoms with Gasteiger partial charge in [-0.05, 0) is 31.9 Å².